The van der Waals surface area contributed by atoms with Gasteiger partial charge in [-0.15, -0.1) is 0 Å². The van der Waals surface area contributed by atoms with Gasteiger partial charge in [0.2, 0.25) is 0 Å². The number of hydrogen-bond donors (Lipinski definition) is 4. The number of halogens is 1. The summed E-state index contributed by atoms with van der Waals surface area (Å²) < 4.78 is 12.2. The molecule has 4 atom stereocenters. The molecule has 4 nitrogen and oxygen atoms in total. The fourth-order valence-corrected chi connectivity index (χ4v) is 0.607. The summed E-state index contributed by atoms with van der Waals surface area (Å²) in [5.41, 5.74) is 0. The lowest BCUT2D eigenvalue weighted by molar-refractivity contribution is -0.0962. The Labute approximate surface area is 63.9 Å². The quantitative estimate of drug-likeness (QED) is 0.408. The zero-order valence-electron chi connectivity index (χ0n) is 6.18. The minimum absolute atomic E-state index is 0.703. The van der Waals surface area contributed by atoms with Crippen LogP contribution < -0.4 is 0 Å². The van der Waals surface area contributed by atoms with E-state index in [-0.39, 0.29) is 0 Å². The van der Waals surface area contributed by atoms with Crippen molar-refractivity contribution >= 4 is 0 Å². The lowest BCUT2D eigenvalue weighted by atomic mass is 10.1. The third-order valence-electron chi connectivity index (χ3n) is 1.40. The Morgan fingerprint density at radius 3 is 1.91 bits per heavy atom. The van der Waals surface area contributed by atoms with E-state index in [1.165, 1.54) is 0 Å². The Balaban J connectivity index is 3.90. The fourth-order valence-electron chi connectivity index (χ4n) is 0.607. The van der Waals surface area contributed by atoms with E-state index < -0.39 is 31.1 Å². The molecule has 0 aliphatic carbocycles. The number of aliphatic hydroxyl groups excluding tert-OH is 4. The van der Waals surface area contributed by atoms with Crippen LogP contribution in [0.2, 0.25) is 0 Å². The first-order valence-electron chi connectivity index (χ1n) is 3.29. The molecule has 0 radical (unpaired) electrons. The van der Waals surface area contributed by atoms with Gasteiger partial charge in [-0.3, -0.25) is 0 Å². The molecule has 0 spiro atoms. The summed E-state index contributed by atoms with van der Waals surface area (Å²) in [6, 6.07) is 0. The van der Waals surface area contributed by atoms with Crippen LogP contribution in [0, 0.1) is 0 Å². The second-order valence-electron chi connectivity index (χ2n) is 2.41. The fraction of sp³-hybridized carbons (Fsp3) is 1.00. The first kappa shape index (κ1) is 10.8. The van der Waals surface area contributed by atoms with Gasteiger partial charge in [0.1, 0.15) is 24.5 Å². The van der Waals surface area contributed by atoms with Gasteiger partial charge >= 0.3 is 0 Å². The zero-order valence-corrected chi connectivity index (χ0v) is 6.18. The summed E-state index contributed by atoms with van der Waals surface area (Å²) in [4.78, 5) is 0. The van der Waals surface area contributed by atoms with E-state index in [9.17, 15) is 4.39 Å². The van der Waals surface area contributed by atoms with Crippen LogP contribution in [0.3, 0.4) is 0 Å². The SMILES string of the molecule is C[C@@H](F)C(O)[C@H](O)C(O)CO. The number of alkyl halides is 1. The molecule has 0 aromatic heterocycles. The molecular weight excluding hydrogens is 155 g/mol. The summed E-state index contributed by atoms with van der Waals surface area (Å²) in [5.74, 6) is 0. The third-order valence-corrected chi connectivity index (χ3v) is 1.40. The molecule has 0 amide bonds. The normalized spacial score (nSPS) is 22.4. The summed E-state index contributed by atoms with van der Waals surface area (Å²) in [6.07, 6.45) is -6.42. The number of hydrogen-bond acceptors (Lipinski definition) is 4. The third kappa shape index (κ3) is 3.11. The van der Waals surface area contributed by atoms with Crippen molar-refractivity contribution < 1.29 is 24.8 Å². The molecule has 0 rings (SSSR count). The van der Waals surface area contributed by atoms with Crippen molar-refractivity contribution in [1.82, 2.24) is 0 Å². The molecule has 0 aliphatic heterocycles. The van der Waals surface area contributed by atoms with Crippen molar-refractivity contribution in [3.8, 4) is 0 Å². The average Bonchev–Trinajstić information content (AvgIpc) is 2.00. The van der Waals surface area contributed by atoms with Crippen molar-refractivity contribution in [1.29, 1.82) is 0 Å². The zero-order chi connectivity index (χ0) is 9.02. The van der Waals surface area contributed by atoms with Crippen molar-refractivity contribution in [2.75, 3.05) is 6.61 Å². The summed E-state index contributed by atoms with van der Waals surface area (Å²) in [5, 5.41) is 34.7. The molecule has 11 heavy (non-hydrogen) atoms. The second-order valence-corrected chi connectivity index (χ2v) is 2.41. The Kier molecular flexibility index (Phi) is 4.51. The highest BCUT2D eigenvalue weighted by molar-refractivity contribution is 4.78. The van der Waals surface area contributed by atoms with Crippen LogP contribution in [0.15, 0.2) is 0 Å². The monoisotopic (exact) mass is 168 g/mol. The maximum atomic E-state index is 12.2. The van der Waals surface area contributed by atoms with Gasteiger partial charge in [-0.2, -0.15) is 0 Å². The highest BCUT2D eigenvalue weighted by Gasteiger charge is 2.28. The Morgan fingerprint density at radius 1 is 1.18 bits per heavy atom. The highest BCUT2D eigenvalue weighted by atomic mass is 19.1. The Hall–Kier alpha value is -0.230. The van der Waals surface area contributed by atoms with Crippen LogP contribution in [-0.4, -0.2) is 51.5 Å². The maximum absolute atomic E-state index is 12.2. The molecule has 5 heteroatoms. The van der Waals surface area contributed by atoms with Crippen molar-refractivity contribution in [2.45, 2.75) is 31.4 Å². The molecule has 0 fully saturated rings. The van der Waals surface area contributed by atoms with Crippen molar-refractivity contribution in [3.63, 3.8) is 0 Å². The summed E-state index contributed by atoms with van der Waals surface area (Å²) in [6.45, 7) is 0.350. The Bertz CT molecular complexity index is 109. The average molecular weight is 168 g/mol. The van der Waals surface area contributed by atoms with Crippen LogP contribution in [0.4, 0.5) is 4.39 Å². The number of aliphatic hydroxyl groups is 4. The van der Waals surface area contributed by atoms with Gasteiger partial charge in [-0.1, -0.05) is 0 Å². The Morgan fingerprint density at radius 2 is 1.64 bits per heavy atom. The van der Waals surface area contributed by atoms with E-state index in [1.54, 1.807) is 0 Å². The predicted octanol–water partition coefficient (Wildman–Crippen LogP) is -1.58. The van der Waals surface area contributed by atoms with Gasteiger partial charge in [0, 0.05) is 0 Å². The van der Waals surface area contributed by atoms with Crippen molar-refractivity contribution in [3.05, 3.63) is 0 Å². The first-order chi connectivity index (χ1) is 5.00. The van der Waals surface area contributed by atoms with E-state index >= 15 is 0 Å². The lowest BCUT2D eigenvalue weighted by Crippen LogP contribution is -2.43. The van der Waals surface area contributed by atoms with Gasteiger partial charge in [-0.25, -0.2) is 4.39 Å². The molecule has 0 bridgehead atoms. The molecule has 2 unspecified atom stereocenters. The molecular formula is C6H13FO4. The molecule has 0 saturated carbocycles. The largest absolute Gasteiger partial charge is 0.394 e. The molecule has 0 aromatic rings. The molecule has 0 aromatic carbocycles. The highest BCUT2D eigenvalue weighted by Crippen LogP contribution is 2.06. The van der Waals surface area contributed by atoms with E-state index in [4.69, 9.17) is 20.4 Å². The van der Waals surface area contributed by atoms with Crippen LogP contribution in [0.1, 0.15) is 6.92 Å². The van der Waals surface area contributed by atoms with Crippen LogP contribution in [0.5, 0.6) is 0 Å². The molecule has 0 heterocycles. The summed E-state index contributed by atoms with van der Waals surface area (Å²) in [7, 11) is 0. The van der Waals surface area contributed by atoms with Crippen LogP contribution in [-0.2, 0) is 0 Å². The standard InChI is InChI=1S/C6H13FO4/c1-3(7)5(10)6(11)4(9)2-8/h3-6,8-11H,2H2,1H3/t3-,4?,5?,6-/m1/s1. The van der Waals surface area contributed by atoms with Crippen molar-refractivity contribution in [2.24, 2.45) is 0 Å². The van der Waals surface area contributed by atoms with Gasteiger partial charge in [-0.05, 0) is 6.92 Å². The van der Waals surface area contributed by atoms with Crippen LogP contribution in [0.25, 0.3) is 0 Å². The maximum Gasteiger partial charge on any atom is 0.126 e. The molecule has 68 valence electrons. The predicted molar refractivity (Wildman–Crippen MR) is 35.7 cm³/mol. The molecule has 0 saturated heterocycles. The lowest BCUT2D eigenvalue weighted by Gasteiger charge is -2.21. The minimum atomic E-state index is -1.66. The van der Waals surface area contributed by atoms with E-state index in [0.29, 0.717) is 0 Å². The second kappa shape index (κ2) is 4.61. The number of rotatable bonds is 4. The van der Waals surface area contributed by atoms with Gasteiger partial charge < -0.3 is 20.4 Å². The summed E-state index contributed by atoms with van der Waals surface area (Å²) >= 11 is 0. The van der Waals surface area contributed by atoms with Gasteiger partial charge in [0.05, 0.1) is 6.61 Å². The van der Waals surface area contributed by atoms with Crippen LogP contribution >= 0.6 is 0 Å². The molecule has 0 aliphatic rings. The van der Waals surface area contributed by atoms with E-state index in [0.717, 1.165) is 6.92 Å². The molecule has 4 N–H and O–H groups in total. The van der Waals surface area contributed by atoms with E-state index in [1.807, 2.05) is 0 Å². The first-order valence-corrected chi connectivity index (χ1v) is 3.29. The smallest absolute Gasteiger partial charge is 0.126 e. The minimum Gasteiger partial charge on any atom is -0.394 e. The van der Waals surface area contributed by atoms with Gasteiger partial charge in [0.25, 0.3) is 0 Å². The van der Waals surface area contributed by atoms with Gasteiger partial charge in [0.15, 0.2) is 0 Å². The topological polar surface area (TPSA) is 80.9 Å². The van der Waals surface area contributed by atoms with E-state index in [2.05, 4.69) is 0 Å².